The van der Waals surface area contributed by atoms with Crippen LogP contribution < -0.4 is 16.4 Å². The fraction of sp³-hybridized carbons (Fsp3) is 0.500. The molecule has 4 N–H and O–H groups in total. The number of nitrogens with zero attached hydrogens (tertiary/aromatic N) is 1. The van der Waals surface area contributed by atoms with Gasteiger partial charge in [0.2, 0.25) is 0 Å². The first-order valence-corrected chi connectivity index (χ1v) is 7.23. The first kappa shape index (κ1) is 13.5. The Balaban J connectivity index is 2.06. The molecule has 1 aliphatic carbocycles. The molecule has 2 aliphatic rings. The Bertz CT molecular complexity index is 549. The van der Waals surface area contributed by atoms with Crippen LogP contribution in [0.15, 0.2) is 12.1 Å². The zero-order chi connectivity index (χ0) is 14.3. The van der Waals surface area contributed by atoms with Gasteiger partial charge in [0.15, 0.2) is 0 Å². The molecule has 0 bridgehead atoms. The molecule has 2 unspecified atom stereocenters. The summed E-state index contributed by atoms with van der Waals surface area (Å²) in [6.45, 7) is 1.35. The number of carbonyl (C=O) groups excluding carboxylic acids is 1. The van der Waals surface area contributed by atoms with Gasteiger partial charge in [-0.1, -0.05) is 11.6 Å². The van der Waals surface area contributed by atoms with Gasteiger partial charge in [-0.2, -0.15) is 0 Å². The van der Waals surface area contributed by atoms with Crippen LogP contribution in [0.5, 0.6) is 0 Å². The molecule has 1 saturated carbocycles. The van der Waals surface area contributed by atoms with Crippen LogP contribution in [0.3, 0.4) is 0 Å². The second kappa shape index (κ2) is 5.14. The minimum absolute atomic E-state index is 0.220. The second-order valence-corrected chi connectivity index (χ2v) is 5.77. The molecule has 1 amide bonds. The Morgan fingerprint density at radius 3 is 2.95 bits per heavy atom. The van der Waals surface area contributed by atoms with Gasteiger partial charge < -0.3 is 21.1 Å². The van der Waals surface area contributed by atoms with E-state index in [2.05, 4.69) is 4.90 Å². The van der Waals surface area contributed by atoms with E-state index in [9.17, 15) is 4.79 Å². The Morgan fingerprint density at radius 2 is 2.20 bits per heavy atom. The Hall–Kier alpha value is -1.46. The maximum atomic E-state index is 11.7. The van der Waals surface area contributed by atoms with Gasteiger partial charge in [-0.05, 0) is 31.4 Å². The number of anilines is 2. The van der Waals surface area contributed by atoms with Crippen molar-refractivity contribution in [3.63, 3.8) is 0 Å². The van der Waals surface area contributed by atoms with Gasteiger partial charge in [-0.15, -0.1) is 0 Å². The van der Waals surface area contributed by atoms with Crippen molar-refractivity contribution in [2.45, 2.75) is 31.4 Å². The number of morpholine rings is 1. The zero-order valence-corrected chi connectivity index (χ0v) is 11.9. The molecule has 2 fully saturated rings. The lowest BCUT2D eigenvalue weighted by atomic mass is 10.0. The summed E-state index contributed by atoms with van der Waals surface area (Å²) in [4.78, 5) is 13.9. The average molecular weight is 296 g/mol. The van der Waals surface area contributed by atoms with Crippen molar-refractivity contribution in [1.82, 2.24) is 0 Å². The number of carbonyl (C=O) groups is 1. The van der Waals surface area contributed by atoms with Crippen LogP contribution >= 0.6 is 11.6 Å². The monoisotopic (exact) mass is 295 g/mol. The van der Waals surface area contributed by atoms with Crippen molar-refractivity contribution in [2.24, 2.45) is 5.73 Å². The van der Waals surface area contributed by atoms with Crippen molar-refractivity contribution in [1.29, 1.82) is 0 Å². The van der Waals surface area contributed by atoms with E-state index in [-0.39, 0.29) is 12.1 Å². The summed E-state index contributed by atoms with van der Waals surface area (Å²) >= 11 is 6.33. The number of fused-ring (bicyclic) bond motifs is 1. The largest absolute Gasteiger partial charge is 0.399 e. The number of primary amides is 1. The van der Waals surface area contributed by atoms with Gasteiger partial charge in [0, 0.05) is 12.2 Å². The molecule has 1 saturated heterocycles. The maximum absolute atomic E-state index is 11.7. The van der Waals surface area contributed by atoms with Crippen LogP contribution in [-0.4, -0.2) is 31.2 Å². The van der Waals surface area contributed by atoms with Crippen molar-refractivity contribution in [2.75, 3.05) is 23.8 Å². The fourth-order valence-corrected chi connectivity index (χ4v) is 3.64. The van der Waals surface area contributed by atoms with Crippen LogP contribution in [0.1, 0.15) is 29.6 Å². The quantitative estimate of drug-likeness (QED) is 0.815. The van der Waals surface area contributed by atoms with E-state index in [0.29, 0.717) is 35.1 Å². The lowest BCUT2D eigenvalue weighted by molar-refractivity contribution is 0.0255. The van der Waals surface area contributed by atoms with E-state index in [1.807, 2.05) is 0 Å². The van der Waals surface area contributed by atoms with Crippen molar-refractivity contribution < 1.29 is 9.53 Å². The number of nitrogen functional groups attached to an aromatic ring is 1. The number of hydrogen-bond acceptors (Lipinski definition) is 4. The summed E-state index contributed by atoms with van der Waals surface area (Å²) in [6.07, 6.45) is 3.45. The van der Waals surface area contributed by atoms with Crippen molar-refractivity contribution >= 4 is 28.9 Å². The fourth-order valence-electron chi connectivity index (χ4n) is 3.30. The first-order chi connectivity index (χ1) is 9.58. The maximum Gasteiger partial charge on any atom is 0.250 e. The molecular formula is C14H18ClN3O2. The summed E-state index contributed by atoms with van der Waals surface area (Å²) < 4.78 is 5.79. The highest BCUT2D eigenvalue weighted by Gasteiger charge is 2.38. The minimum atomic E-state index is -0.504. The number of rotatable bonds is 2. The minimum Gasteiger partial charge on any atom is -0.399 e. The molecule has 2 atom stereocenters. The predicted molar refractivity (Wildman–Crippen MR) is 79.1 cm³/mol. The first-order valence-electron chi connectivity index (χ1n) is 6.85. The third-order valence-corrected chi connectivity index (χ3v) is 4.41. The van der Waals surface area contributed by atoms with Gasteiger partial charge >= 0.3 is 0 Å². The summed E-state index contributed by atoms with van der Waals surface area (Å²) in [5.41, 5.74) is 12.8. The summed E-state index contributed by atoms with van der Waals surface area (Å²) in [6, 6.07) is 3.54. The molecule has 0 aromatic heterocycles. The summed E-state index contributed by atoms with van der Waals surface area (Å²) in [7, 11) is 0. The Kier molecular flexibility index (Phi) is 3.48. The molecule has 1 heterocycles. The number of benzene rings is 1. The van der Waals surface area contributed by atoms with E-state index in [4.69, 9.17) is 27.8 Å². The molecule has 0 radical (unpaired) electrons. The zero-order valence-electron chi connectivity index (χ0n) is 11.1. The highest BCUT2D eigenvalue weighted by atomic mass is 35.5. The number of hydrogen-bond donors (Lipinski definition) is 2. The topological polar surface area (TPSA) is 81.6 Å². The SMILES string of the molecule is NC(=O)c1cc(N)cc(Cl)c1N1CCOC2CCCC21. The van der Waals surface area contributed by atoms with E-state index >= 15 is 0 Å². The van der Waals surface area contributed by atoms with Gasteiger partial charge in [-0.3, -0.25) is 4.79 Å². The third kappa shape index (κ3) is 2.21. The molecule has 1 aromatic carbocycles. The number of halogens is 1. The lowest BCUT2D eigenvalue weighted by Gasteiger charge is -2.40. The number of ether oxygens (including phenoxy) is 1. The lowest BCUT2D eigenvalue weighted by Crippen LogP contribution is -2.49. The average Bonchev–Trinajstić information content (AvgIpc) is 2.86. The number of amides is 1. The van der Waals surface area contributed by atoms with Gasteiger partial charge in [-0.25, -0.2) is 0 Å². The van der Waals surface area contributed by atoms with Gasteiger partial charge in [0.25, 0.3) is 5.91 Å². The molecule has 1 aromatic rings. The number of nitrogens with two attached hydrogens (primary N) is 2. The Morgan fingerprint density at radius 1 is 1.40 bits per heavy atom. The smallest absolute Gasteiger partial charge is 0.250 e. The van der Waals surface area contributed by atoms with Crippen LogP contribution in [0, 0.1) is 0 Å². The second-order valence-electron chi connectivity index (χ2n) is 5.36. The molecule has 20 heavy (non-hydrogen) atoms. The molecule has 0 spiro atoms. The molecule has 6 heteroatoms. The van der Waals surface area contributed by atoms with Crippen molar-refractivity contribution in [3.8, 4) is 0 Å². The third-order valence-electron chi connectivity index (χ3n) is 4.12. The normalized spacial score (nSPS) is 25.6. The summed E-state index contributed by atoms with van der Waals surface area (Å²) in [5.74, 6) is -0.504. The van der Waals surface area contributed by atoms with Crippen LogP contribution in [0.4, 0.5) is 11.4 Å². The molecular weight excluding hydrogens is 278 g/mol. The predicted octanol–water partition coefficient (Wildman–Crippen LogP) is 1.78. The highest BCUT2D eigenvalue weighted by molar-refractivity contribution is 6.34. The summed E-state index contributed by atoms with van der Waals surface area (Å²) in [5, 5.41) is 0.478. The van der Waals surface area contributed by atoms with Crippen LogP contribution in [0.2, 0.25) is 5.02 Å². The van der Waals surface area contributed by atoms with Crippen LogP contribution in [0.25, 0.3) is 0 Å². The van der Waals surface area contributed by atoms with Crippen molar-refractivity contribution in [3.05, 3.63) is 22.7 Å². The molecule has 1 aliphatic heterocycles. The molecule has 5 nitrogen and oxygen atoms in total. The van der Waals surface area contributed by atoms with E-state index in [1.165, 1.54) is 0 Å². The molecule has 108 valence electrons. The Labute approximate surface area is 122 Å². The van der Waals surface area contributed by atoms with E-state index < -0.39 is 5.91 Å². The molecule has 3 rings (SSSR count). The van der Waals surface area contributed by atoms with Gasteiger partial charge in [0.1, 0.15) is 0 Å². The van der Waals surface area contributed by atoms with E-state index in [1.54, 1.807) is 12.1 Å². The standard InChI is InChI=1S/C14H18ClN3O2/c15-10-7-8(16)6-9(14(17)19)13(10)18-4-5-20-12-3-1-2-11(12)18/h6-7,11-12H,1-5,16H2,(H2,17,19). The van der Waals surface area contributed by atoms with Crippen LogP contribution in [-0.2, 0) is 4.74 Å². The highest BCUT2D eigenvalue weighted by Crippen LogP contribution is 2.39. The van der Waals surface area contributed by atoms with Gasteiger partial charge in [0.05, 0.1) is 35.0 Å². The van der Waals surface area contributed by atoms with E-state index in [0.717, 1.165) is 19.3 Å².